The maximum atomic E-state index is 11.3. The van der Waals surface area contributed by atoms with Gasteiger partial charge < -0.3 is 9.72 Å². The van der Waals surface area contributed by atoms with E-state index in [1.54, 1.807) is 6.07 Å². The predicted octanol–water partition coefficient (Wildman–Crippen LogP) is 4.28. The molecule has 0 aliphatic heterocycles. The molecule has 2 aromatic carbocycles. The van der Waals surface area contributed by atoms with Crippen molar-refractivity contribution in [1.29, 1.82) is 0 Å². The molecule has 112 valence electrons. The van der Waals surface area contributed by atoms with Gasteiger partial charge in [-0.1, -0.05) is 30.3 Å². The fraction of sp³-hybridized carbons (Fsp3) is 0.176. The number of H-pyrrole nitrogens is 1. The number of hydrogen-bond donors (Lipinski definition) is 1. The summed E-state index contributed by atoms with van der Waals surface area (Å²) in [5.74, 6) is 0. The molecule has 1 N–H and O–H groups in total. The van der Waals surface area contributed by atoms with Gasteiger partial charge in [0.15, 0.2) is 0 Å². The third kappa shape index (κ3) is 2.71. The van der Waals surface area contributed by atoms with Crippen LogP contribution >= 0.6 is 0 Å². The molecule has 5 heteroatoms. The van der Waals surface area contributed by atoms with E-state index in [-0.39, 0.29) is 10.6 Å². The topological polar surface area (TPSA) is 68.2 Å². The molecule has 22 heavy (non-hydrogen) atoms. The van der Waals surface area contributed by atoms with E-state index < -0.39 is 0 Å². The summed E-state index contributed by atoms with van der Waals surface area (Å²) in [5, 5.41) is 12.2. The molecule has 0 spiro atoms. The van der Waals surface area contributed by atoms with Crippen LogP contribution in [0.2, 0.25) is 0 Å². The molecular weight excluding hydrogens is 280 g/mol. The van der Waals surface area contributed by atoms with Crippen LogP contribution in [0.5, 0.6) is 0 Å². The van der Waals surface area contributed by atoms with Crippen LogP contribution in [-0.4, -0.2) is 16.5 Å². The van der Waals surface area contributed by atoms with Crippen molar-refractivity contribution in [2.45, 2.75) is 13.5 Å². The van der Waals surface area contributed by atoms with E-state index in [1.807, 2.05) is 49.4 Å². The van der Waals surface area contributed by atoms with Crippen LogP contribution < -0.4 is 0 Å². The zero-order valence-electron chi connectivity index (χ0n) is 12.2. The Labute approximate surface area is 127 Å². The van der Waals surface area contributed by atoms with Crippen LogP contribution in [-0.2, 0) is 11.3 Å². The van der Waals surface area contributed by atoms with Crippen molar-refractivity contribution in [3.05, 3.63) is 64.2 Å². The van der Waals surface area contributed by atoms with Crippen molar-refractivity contribution in [3.63, 3.8) is 0 Å². The summed E-state index contributed by atoms with van der Waals surface area (Å²) in [4.78, 5) is 14.1. The highest BCUT2D eigenvalue weighted by Crippen LogP contribution is 2.31. The van der Waals surface area contributed by atoms with Crippen LogP contribution in [0.15, 0.2) is 48.5 Å². The second-order valence-corrected chi connectivity index (χ2v) is 5.02. The molecule has 1 aromatic heterocycles. The van der Waals surface area contributed by atoms with Gasteiger partial charge in [0, 0.05) is 23.8 Å². The molecule has 0 saturated heterocycles. The number of nitro groups is 1. The van der Waals surface area contributed by atoms with Crippen LogP contribution in [0, 0.1) is 10.1 Å². The van der Waals surface area contributed by atoms with Gasteiger partial charge in [0.2, 0.25) is 0 Å². The zero-order chi connectivity index (χ0) is 15.5. The first-order valence-electron chi connectivity index (χ1n) is 7.12. The standard InChI is InChI=1S/C17H16N2O3/c1-2-22-11-12-8-14-10-15(13-6-4-3-5-7-13)18-17(14)16(9-12)19(20)21/h3-10,18H,2,11H2,1H3. The molecule has 0 bridgehead atoms. The minimum absolute atomic E-state index is 0.0781. The average molecular weight is 296 g/mol. The molecule has 3 rings (SSSR count). The molecule has 0 unspecified atom stereocenters. The Balaban J connectivity index is 2.13. The number of rotatable bonds is 5. The van der Waals surface area contributed by atoms with Gasteiger partial charge in [-0.2, -0.15) is 0 Å². The molecule has 0 amide bonds. The van der Waals surface area contributed by atoms with E-state index in [4.69, 9.17) is 4.74 Å². The van der Waals surface area contributed by atoms with Gasteiger partial charge >= 0.3 is 0 Å². The first kappa shape index (κ1) is 14.3. The predicted molar refractivity (Wildman–Crippen MR) is 85.7 cm³/mol. The second kappa shape index (κ2) is 5.99. The minimum Gasteiger partial charge on any atom is -0.377 e. The molecule has 0 aliphatic carbocycles. The Hall–Kier alpha value is -2.66. The van der Waals surface area contributed by atoms with Gasteiger partial charge in [-0.25, -0.2) is 0 Å². The molecule has 0 aliphatic rings. The summed E-state index contributed by atoms with van der Waals surface area (Å²) in [7, 11) is 0. The first-order chi connectivity index (χ1) is 10.7. The van der Waals surface area contributed by atoms with Gasteiger partial charge in [0.25, 0.3) is 5.69 Å². The average Bonchev–Trinajstić information content (AvgIpc) is 2.96. The monoisotopic (exact) mass is 296 g/mol. The molecular formula is C17H16N2O3. The Morgan fingerprint density at radius 2 is 1.95 bits per heavy atom. The number of nitrogens with zero attached hydrogens (tertiary/aromatic N) is 1. The highest BCUT2D eigenvalue weighted by molar-refractivity contribution is 5.92. The normalized spacial score (nSPS) is 11.0. The zero-order valence-corrected chi connectivity index (χ0v) is 12.2. The van der Waals surface area contributed by atoms with E-state index in [1.165, 1.54) is 0 Å². The van der Waals surface area contributed by atoms with E-state index in [2.05, 4.69) is 4.98 Å². The molecule has 1 heterocycles. The first-order valence-corrected chi connectivity index (χ1v) is 7.12. The third-order valence-corrected chi connectivity index (χ3v) is 3.52. The molecule has 0 atom stereocenters. The molecule has 0 fully saturated rings. The van der Waals surface area contributed by atoms with Crippen molar-refractivity contribution in [1.82, 2.24) is 4.98 Å². The van der Waals surface area contributed by atoms with Crippen molar-refractivity contribution in [3.8, 4) is 11.3 Å². The number of aromatic amines is 1. The number of aromatic nitrogens is 1. The Morgan fingerprint density at radius 3 is 2.64 bits per heavy atom. The van der Waals surface area contributed by atoms with Crippen molar-refractivity contribution in [2.24, 2.45) is 0 Å². The lowest BCUT2D eigenvalue weighted by Crippen LogP contribution is -1.95. The summed E-state index contributed by atoms with van der Waals surface area (Å²) in [6.07, 6.45) is 0. The van der Waals surface area contributed by atoms with Gasteiger partial charge in [-0.15, -0.1) is 0 Å². The number of hydrogen-bond acceptors (Lipinski definition) is 3. The molecule has 0 saturated carbocycles. The third-order valence-electron chi connectivity index (χ3n) is 3.52. The van der Waals surface area contributed by atoms with E-state index >= 15 is 0 Å². The smallest absolute Gasteiger partial charge is 0.293 e. The SMILES string of the molecule is CCOCc1cc([N+](=O)[O-])c2[nH]c(-c3ccccc3)cc2c1. The van der Waals surface area contributed by atoms with Gasteiger partial charge in [0.05, 0.1) is 11.5 Å². The number of non-ortho nitro benzene ring substituents is 1. The number of fused-ring (bicyclic) bond motifs is 1. The molecule has 3 aromatic rings. The number of nitro benzene ring substituents is 1. The number of nitrogens with one attached hydrogen (secondary N) is 1. The molecule has 5 nitrogen and oxygen atoms in total. The Bertz CT molecular complexity index is 809. The summed E-state index contributed by atoms with van der Waals surface area (Å²) in [6, 6.07) is 15.2. The summed E-state index contributed by atoms with van der Waals surface area (Å²) in [6.45, 7) is 2.85. The van der Waals surface area contributed by atoms with E-state index in [9.17, 15) is 10.1 Å². The lowest BCUT2D eigenvalue weighted by Gasteiger charge is -2.02. The minimum atomic E-state index is -0.358. The Morgan fingerprint density at radius 1 is 1.18 bits per heavy atom. The quantitative estimate of drug-likeness (QED) is 0.564. The van der Waals surface area contributed by atoms with Crippen molar-refractivity contribution in [2.75, 3.05) is 6.61 Å². The van der Waals surface area contributed by atoms with Gasteiger partial charge in [-0.05, 0) is 30.2 Å². The second-order valence-electron chi connectivity index (χ2n) is 5.02. The number of ether oxygens (including phenoxy) is 1. The summed E-state index contributed by atoms with van der Waals surface area (Å²) in [5.41, 5.74) is 3.30. The summed E-state index contributed by atoms with van der Waals surface area (Å²) < 4.78 is 5.36. The van der Waals surface area contributed by atoms with Gasteiger partial charge in [0.1, 0.15) is 5.52 Å². The number of benzene rings is 2. The van der Waals surface area contributed by atoms with Gasteiger partial charge in [-0.3, -0.25) is 10.1 Å². The maximum Gasteiger partial charge on any atom is 0.293 e. The fourth-order valence-corrected chi connectivity index (χ4v) is 2.51. The lowest BCUT2D eigenvalue weighted by atomic mass is 10.1. The lowest BCUT2D eigenvalue weighted by molar-refractivity contribution is -0.383. The maximum absolute atomic E-state index is 11.3. The Kier molecular flexibility index (Phi) is 3.89. The van der Waals surface area contributed by atoms with Crippen molar-refractivity contribution >= 4 is 16.6 Å². The molecule has 0 radical (unpaired) electrons. The van der Waals surface area contributed by atoms with Crippen molar-refractivity contribution < 1.29 is 9.66 Å². The van der Waals surface area contributed by atoms with Crippen LogP contribution in [0.3, 0.4) is 0 Å². The highest BCUT2D eigenvalue weighted by atomic mass is 16.6. The van der Waals surface area contributed by atoms with Crippen LogP contribution in [0.25, 0.3) is 22.2 Å². The summed E-state index contributed by atoms with van der Waals surface area (Å²) >= 11 is 0. The highest BCUT2D eigenvalue weighted by Gasteiger charge is 2.17. The fourth-order valence-electron chi connectivity index (χ4n) is 2.51. The van der Waals surface area contributed by atoms with E-state index in [0.717, 1.165) is 22.2 Å². The largest absolute Gasteiger partial charge is 0.377 e. The van der Waals surface area contributed by atoms with Crippen LogP contribution in [0.4, 0.5) is 5.69 Å². The van der Waals surface area contributed by atoms with E-state index in [0.29, 0.717) is 18.7 Å². The van der Waals surface area contributed by atoms with Crippen LogP contribution in [0.1, 0.15) is 12.5 Å².